The maximum absolute atomic E-state index is 9.83. The summed E-state index contributed by atoms with van der Waals surface area (Å²) in [6.45, 7) is 4.72. The Bertz CT molecular complexity index is 5710. The van der Waals surface area contributed by atoms with Crippen molar-refractivity contribution < 1.29 is 0 Å². The normalized spacial score (nSPS) is 12.5. The van der Waals surface area contributed by atoms with E-state index in [-0.39, 0.29) is 5.41 Å². The van der Waals surface area contributed by atoms with E-state index in [1.165, 1.54) is 93.0 Å². The average Bonchev–Trinajstić information content (AvgIpc) is 1.16. The SMILES string of the molecule is CC1(C)c2ccccc2-c2ccc(-c3cc(-c4ccccc4)c4cc(-c5ccc6cc(-c7cc(-c8ccc(C#N)cc8)c8ccc9ccc(-c%10ccc(C#N)cc%10)c%10ccc7c8c9%10)ccc6c5)c5ccc(-c6ccc(C#N)cc6)c6ccc3c4c65)cc21. The predicted molar refractivity (Wildman–Crippen MR) is 361 cm³/mol. The minimum absolute atomic E-state index is 0.152. The van der Waals surface area contributed by atoms with Crippen LogP contribution in [0.5, 0.6) is 0 Å². The summed E-state index contributed by atoms with van der Waals surface area (Å²) in [4.78, 5) is 0. The Morgan fingerprint density at radius 1 is 0.230 bits per heavy atom. The van der Waals surface area contributed by atoms with Gasteiger partial charge < -0.3 is 0 Å². The molecule has 16 aromatic carbocycles. The minimum Gasteiger partial charge on any atom is -0.192 e. The van der Waals surface area contributed by atoms with Crippen molar-refractivity contribution in [1.82, 2.24) is 0 Å². The van der Waals surface area contributed by atoms with Crippen LogP contribution in [0.25, 0.3) is 164 Å². The molecule has 3 heteroatoms. The van der Waals surface area contributed by atoms with Crippen LogP contribution in [0.4, 0.5) is 0 Å². The van der Waals surface area contributed by atoms with E-state index < -0.39 is 0 Å². The van der Waals surface area contributed by atoms with Crippen molar-refractivity contribution in [1.29, 1.82) is 15.8 Å². The first-order valence-corrected chi connectivity index (χ1v) is 29.6. The fourth-order valence-corrected chi connectivity index (χ4v) is 14.8. The molecular weight excluding hydrogens is 1050 g/mol. The fourth-order valence-electron chi connectivity index (χ4n) is 14.8. The third-order valence-electron chi connectivity index (χ3n) is 19.1. The summed E-state index contributed by atoms with van der Waals surface area (Å²) in [5.74, 6) is 0. The molecule has 0 spiro atoms. The highest BCUT2D eigenvalue weighted by atomic mass is 14.4. The van der Waals surface area contributed by atoms with Gasteiger partial charge >= 0.3 is 0 Å². The fraction of sp³-hybridized carbons (Fsp3) is 0.0357. The largest absolute Gasteiger partial charge is 0.192 e. The molecule has 0 N–H and O–H groups in total. The zero-order valence-electron chi connectivity index (χ0n) is 47.7. The molecule has 16 aromatic rings. The van der Waals surface area contributed by atoms with Crippen molar-refractivity contribution in [3.63, 3.8) is 0 Å². The van der Waals surface area contributed by atoms with Crippen molar-refractivity contribution in [2.24, 2.45) is 0 Å². The number of hydrogen-bond acceptors (Lipinski definition) is 3. The van der Waals surface area contributed by atoms with Gasteiger partial charge in [0.05, 0.1) is 34.9 Å². The number of rotatable bonds is 7. The molecule has 0 atom stereocenters. The van der Waals surface area contributed by atoms with Gasteiger partial charge in [-0.05, 0) is 248 Å². The summed E-state index contributed by atoms with van der Waals surface area (Å²) >= 11 is 0. The van der Waals surface area contributed by atoms with Gasteiger partial charge in [0, 0.05) is 5.41 Å². The molecule has 0 saturated heterocycles. The van der Waals surface area contributed by atoms with Gasteiger partial charge in [-0.3, -0.25) is 0 Å². The molecular formula is C84H49N3. The highest BCUT2D eigenvalue weighted by molar-refractivity contribution is 6.33. The summed E-state index contributed by atoms with van der Waals surface area (Å²) in [6, 6.07) is 102. The summed E-state index contributed by atoms with van der Waals surface area (Å²) in [5, 5.41) is 45.8. The summed E-state index contributed by atoms with van der Waals surface area (Å²) in [5.41, 5.74) is 22.9. The number of nitrogens with zero attached hydrogens (tertiary/aromatic N) is 3. The van der Waals surface area contributed by atoms with E-state index in [1.54, 1.807) is 0 Å². The van der Waals surface area contributed by atoms with E-state index in [0.717, 1.165) is 82.6 Å². The van der Waals surface area contributed by atoms with Crippen molar-refractivity contribution in [2.45, 2.75) is 19.3 Å². The second-order valence-corrected chi connectivity index (χ2v) is 24.0. The number of benzene rings is 16. The van der Waals surface area contributed by atoms with E-state index in [2.05, 4.69) is 244 Å². The number of hydrogen-bond donors (Lipinski definition) is 0. The number of nitriles is 3. The molecule has 0 radical (unpaired) electrons. The van der Waals surface area contributed by atoms with Crippen molar-refractivity contribution in [2.75, 3.05) is 0 Å². The van der Waals surface area contributed by atoms with Crippen LogP contribution < -0.4 is 0 Å². The molecule has 400 valence electrons. The molecule has 87 heavy (non-hydrogen) atoms. The van der Waals surface area contributed by atoms with E-state index in [0.29, 0.717) is 16.7 Å². The van der Waals surface area contributed by atoms with Crippen LogP contribution in [0.3, 0.4) is 0 Å². The van der Waals surface area contributed by atoms with Gasteiger partial charge in [-0.15, -0.1) is 0 Å². The Kier molecular flexibility index (Phi) is 10.9. The summed E-state index contributed by atoms with van der Waals surface area (Å²) in [7, 11) is 0. The zero-order chi connectivity index (χ0) is 58.2. The van der Waals surface area contributed by atoms with Gasteiger partial charge in [-0.25, -0.2) is 0 Å². The Labute approximate surface area is 503 Å². The lowest BCUT2D eigenvalue weighted by atomic mass is 9.79. The first-order valence-electron chi connectivity index (χ1n) is 29.6. The zero-order valence-corrected chi connectivity index (χ0v) is 47.7. The lowest BCUT2D eigenvalue weighted by molar-refractivity contribution is 0.660. The molecule has 0 unspecified atom stereocenters. The van der Waals surface area contributed by atoms with E-state index in [9.17, 15) is 15.8 Å². The first-order chi connectivity index (χ1) is 42.7. The molecule has 0 bridgehead atoms. The van der Waals surface area contributed by atoms with Crippen molar-refractivity contribution >= 4 is 75.4 Å². The Hall–Kier alpha value is -11.7. The number of fused-ring (bicyclic) bond motifs is 4. The van der Waals surface area contributed by atoms with Gasteiger partial charge in [0.15, 0.2) is 0 Å². The third kappa shape index (κ3) is 7.52. The van der Waals surface area contributed by atoms with Gasteiger partial charge in [0.2, 0.25) is 0 Å². The maximum atomic E-state index is 9.83. The molecule has 0 fully saturated rings. The Balaban J connectivity index is 0.869. The molecule has 0 aromatic heterocycles. The quantitative estimate of drug-likeness (QED) is 0.149. The van der Waals surface area contributed by atoms with Crippen molar-refractivity contribution in [3.8, 4) is 107 Å². The minimum atomic E-state index is -0.152. The van der Waals surface area contributed by atoms with Crippen LogP contribution >= 0.6 is 0 Å². The second-order valence-electron chi connectivity index (χ2n) is 24.0. The van der Waals surface area contributed by atoms with Gasteiger partial charge in [0.1, 0.15) is 0 Å². The van der Waals surface area contributed by atoms with E-state index in [4.69, 9.17) is 0 Å². The molecule has 3 nitrogen and oxygen atoms in total. The lowest BCUT2D eigenvalue weighted by Crippen LogP contribution is -2.14. The highest BCUT2D eigenvalue weighted by Crippen LogP contribution is 2.53. The van der Waals surface area contributed by atoms with Crippen molar-refractivity contribution in [3.05, 3.63) is 289 Å². The van der Waals surface area contributed by atoms with Crippen LogP contribution in [-0.4, -0.2) is 0 Å². The van der Waals surface area contributed by atoms with Crippen LogP contribution in [0.1, 0.15) is 41.7 Å². The smallest absolute Gasteiger partial charge is 0.0991 e. The van der Waals surface area contributed by atoms with E-state index in [1.807, 2.05) is 48.5 Å². The maximum Gasteiger partial charge on any atom is 0.0991 e. The molecule has 1 aliphatic rings. The van der Waals surface area contributed by atoms with Crippen LogP contribution in [0.2, 0.25) is 0 Å². The Morgan fingerprint density at radius 3 is 1.15 bits per heavy atom. The highest BCUT2D eigenvalue weighted by Gasteiger charge is 2.35. The predicted octanol–water partition coefficient (Wildman–Crippen LogP) is 22.2. The first kappa shape index (κ1) is 49.9. The average molecular weight is 1100 g/mol. The molecule has 1 aliphatic carbocycles. The van der Waals surface area contributed by atoms with Crippen LogP contribution in [-0.2, 0) is 5.41 Å². The van der Waals surface area contributed by atoms with E-state index >= 15 is 0 Å². The van der Waals surface area contributed by atoms with Crippen LogP contribution in [0, 0.1) is 34.0 Å². The molecule has 0 aliphatic heterocycles. The monoisotopic (exact) mass is 1100 g/mol. The standard InChI is InChI=1S/C84H49N3/c1-84(2)78-11-7-6-10-64(78)65-32-30-61(42-79(65)84)75-44-73(52-8-4-3-5-9-52)77-45-76(70-35-34-63(54-20-14-50(47-86)15-21-54)67-37-39-71(75)83(77)82(67)70)60-27-25-57-40-59(26-24-58(57)41-60)74-43-72(55-22-16-51(48-87)17-23-55)68-33-29-56-28-31-62(53-18-12-49(46-85)13-19-53)66-36-38-69(74)81(68)80(56)66/h3-45H,1-2H3. The van der Waals surface area contributed by atoms with Gasteiger partial charge in [-0.2, -0.15) is 15.8 Å². The van der Waals surface area contributed by atoms with Gasteiger partial charge in [0.25, 0.3) is 0 Å². The molecule has 0 amide bonds. The topological polar surface area (TPSA) is 71.4 Å². The van der Waals surface area contributed by atoms with Gasteiger partial charge in [-0.1, -0.05) is 202 Å². The molecule has 17 rings (SSSR count). The van der Waals surface area contributed by atoms with Crippen LogP contribution in [0.15, 0.2) is 261 Å². The second kappa shape index (κ2) is 18.9. The molecule has 0 saturated carbocycles. The Morgan fingerprint density at radius 2 is 0.575 bits per heavy atom. The third-order valence-corrected chi connectivity index (χ3v) is 19.1. The summed E-state index contributed by atoms with van der Waals surface area (Å²) < 4.78 is 0. The molecule has 0 heterocycles. The lowest BCUT2D eigenvalue weighted by Gasteiger charge is -2.24. The summed E-state index contributed by atoms with van der Waals surface area (Å²) in [6.07, 6.45) is 0.